The second kappa shape index (κ2) is 9.79. The molecule has 2 fully saturated rings. The molecule has 0 spiro atoms. The van der Waals surface area contributed by atoms with Crippen molar-refractivity contribution < 1.29 is 14.4 Å². The average Bonchev–Trinajstić information content (AvgIpc) is 3.55. The van der Waals surface area contributed by atoms with Crippen molar-refractivity contribution in [1.82, 2.24) is 15.2 Å². The zero-order chi connectivity index (χ0) is 25.3. The van der Waals surface area contributed by atoms with Gasteiger partial charge in [0.2, 0.25) is 0 Å². The van der Waals surface area contributed by atoms with Gasteiger partial charge in [0.05, 0.1) is 16.3 Å². The third-order valence-electron chi connectivity index (χ3n) is 6.50. The zero-order valence-electron chi connectivity index (χ0n) is 19.2. The molecule has 5 rings (SSSR count). The Morgan fingerprint density at radius 2 is 1.72 bits per heavy atom. The van der Waals surface area contributed by atoms with E-state index in [1.54, 1.807) is 36.4 Å². The number of nitrogens with one attached hydrogen (secondary N) is 3. The molecule has 36 heavy (non-hydrogen) atoms. The summed E-state index contributed by atoms with van der Waals surface area (Å²) in [5.41, 5.74) is 2.03. The van der Waals surface area contributed by atoms with Crippen molar-refractivity contribution in [3.63, 3.8) is 0 Å². The van der Waals surface area contributed by atoms with Crippen LogP contribution in [0.5, 0.6) is 0 Å². The van der Waals surface area contributed by atoms with Gasteiger partial charge in [-0.05, 0) is 60.9 Å². The summed E-state index contributed by atoms with van der Waals surface area (Å²) in [5, 5.41) is 9.13. The SMILES string of the molecule is O=C(Nc1ccc(Cl)cc1C(=O)Nc1ccc(Cl)cn1)c1ccc(C2(CN3CCNC3=O)CC2)cc1. The number of pyridine rings is 1. The standard InChI is InChI=1S/C26H23Cl2N5O3/c27-18-5-7-21(20(13-18)24(35)32-22-8-6-19(28)14-30-22)31-23(34)16-1-3-17(4-2-16)26(9-10-26)15-33-12-11-29-25(33)36/h1-8,13-14H,9-12,15H2,(H,29,36)(H,31,34)(H,30,32,35). The number of rotatable bonds is 7. The van der Waals surface area contributed by atoms with E-state index in [4.69, 9.17) is 23.2 Å². The highest BCUT2D eigenvalue weighted by atomic mass is 35.5. The molecule has 0 bridgehead atoms. The van der Waals surface area contributed by atoms with Crippen LogP contribution in [0.15, 0.2) is 60.8 Å². The normalized spacial score (nSPS) is 15.8. The van der Waals surface area contributed by atoms with E-state index < -0.39 is 5.91 Å². The number of halogens is 2. The summed E-state index contributed by atoms with van der Waals surface area (Å²) < 4.78 is 0. The Morgan fingerprint density at radius 1 is 0.972 bits per heavy atom. The van der Waals surface area contributed by atoms with E-state index in [0.717, 1.165) is 18.4 Å². The van der Waals surface area contributed by atoms with Gasteiger partial charge in [0.15, 0.2) is 0 Å². The van der Waals surface area contributed by atoms with Crippen LogP contribution in [0.2, 0.25) is 10.0 Å². The molecule has 10 heteroatoms. The van der Waals surface area contributed by atoms with Crippen molar-refractivity contribution in [2.75, 3.05) is 30.3 Å². The molecule has 8 nitrogen and oxygen atoms in total. The van der Waals surface area contributed by atoms with Gasteiger partial charge in [-0.3, -0.25) is 9.59 Å². The molecule has 2 heterocycles. The highest BCUT2D eigenvalue weighted by Crippen LogP contribution is 2.49. The smallest absolute Gasteiger partial charge is 0.317 e. The first-order valence-corrected chi connectivity index (χ1v) is 12.3. The third-order valence-corrected chi connectivity index (χ3v) is 6.95. The van der Waals surface area contributed by atoms with Crippen LogP contribution in [-0.2, 0) is 5.41 Å². The second-order valence-electron chi connectivity index (χ2n) is 8.97. The van der Waals surface area contributed by atoms with E-state index in [9.17, 15) is 14.4 Å². The lowest BCUT2D eigenvalue weighted by atomic mass is 9.94. The fourth-order valence-corrected chi connectivity index (χ4v) is 4.62. The van der Waals surface area contributed by atoms with Crippen LogP contribution in [0.1, 0.15) is 39.1 Å². The van der Waals surface area contributed by atoms with Crippen molar-refractivity contribution in [3.05, 3.63) is 87.5 Å². The van der Waals surface area contributed by atoms with Gasteiger partial charge < -0.3 is 20.9 Å². The van der Waals surface area contributed by atoms with Crippen LogP contribution in [0.3, 0.4) is 0 Å². The molecule has 3 aromatic rings. The summed E-state index contributed by atoms with van der Waals surface area (Å²) in [6, 6.07) is 15.2. The lowest BCUT2D eigenvalue weighted by Gasteiger charge is -2.23. The number of carbonyl (C=O) groups is 3. The van der Waals surface area contributed by atoms with E-state index in [0.29, 0.717) is 46.7 Å². The summed E-state index contributed by atoms with van der Waals surface area (Å²) in [5.74, 6) is -0.511. The Labute approximate surface area is 218 Å². The number of nitrogens with zero attached hydrogens (tertiary/aromatic N) is 2. The minimum Gasteiger partial charge on any atom is -0.336 e. The molecule has 0 unspecified atom stereocenters. The maximum absolute atomic E-state index is 13.0. The van der Waals surface area contributed by atoms with Gasteiger partial charge in [0, 0.05) is 41.8 Å². The number of benzene rings is 2. The molecule has 184 valence electrons. The number of hydrogen-bond donors (Lipinski definition) is 3. The molecule has 0 atom stereocenters. The van der Waals surface area contributed by atoms with E-state index in [2.05, 4.69) is 20.9 Å². The molecule has 2 aliphatic rings. The van der Waals surface area contributed by atoms with Crippen LogP contribution < -0.4 is 16.0 Å². The first kappa shape index (κ1) is 24.1. The van der Waals surface area contributed by atoms with Gasteiger partial charge in [0.1, 0.15) is 5.82 Å². The fraction of sp³-hybridized carbons (Fsp3) is 0.231. The lowest BCUT2D eigenvalue weighted by molar-refractivity contribution is 0.102. The molecule has 0 radical (unpaired) electrons. The fourth-order valence-electron chi connectivity index (χ4n) is 4.33. The largest absolute Gasteiger partial charge is 0.336 e. The minimum atomic E-state index is -0.473. The highest BCUT2D eigenvalue weighted by molar-refractivity contribution is 6.31. The summed E-state index contributed by atoms with van der Waals surface area (Å²) in [4.78, 5) is 43.8. The first-order chi connectivity index (χ1) is 17.3. The quantitative estimate of drug-likeness (QED) is 0.407. The molecule has 1 saturated heterocycles. The maximum atomic E-state index is 13.0. The monoisotopic (exact) mass is 523 g/mol. The average molecular weight is 524 g/mol. The Bertz CT molecular complexity index is 1320. The summed E-state index contributed by atoms with van der Waals surface area (Å²) in [6.45, 7) is 2.07. The van der Waals surface area contributed by atoms with Crippen molar-refractivity contribution in [2.24, 2.45) is 0 Å². The first-order valence-electron chi connectivity index (χ1n) is 11.5. The highest BCUT2D eigenvalue weighted by Gasteiger charge is 2.46. The molecule has 1 saturated carbocycles. The number of carbonyl (C=O) groups excluding carboxylic acids is 3. The van der Waals surface area contributed by atoms with Gasteiger partial charge in [0.25, 0.3) is 11.8 Å². The van der Waals surface area contributed by atoms with Gasteiger partial charge in [-0.15, -0.1) is 0 Å². The van der Waals surface area contributed by atoms with Gasteiger partial charge in [-0.2, -0.15) is 0 Å². The summed E-state index contributed by atoms with van der Waals surface area (Å²) in [7, 11) is 0. The molecular weight excluding hydrogens is 501 g/mol. The summed E-state index contributed by atoms with van der Waals surface area (Å²) in [6.07, 6.45) is 3.44. The lowest BCUT2D eigenvalue weighted by Crippen LogP contribution is -2.35. The van der Waals surface area contributed by atoms with Crippen LogP contribution >= 0.6 is 23.2 Å². The van der Waals surface area contributed by atoms with Crippen molar-refractivity contribution in [3.8, 4) is 0 Å². The molecule has 4 amide bonds. The zero-order valence-corrected chi connectivity index (χ0v) is 20.7. The van der Waals surface area contributed by atoms with E-state index in [-0.39, 0.29) is 22.9 Å². The van der Waals surface area contributed by atoms with Crippen LogP contribution in [0, 0.1) is 0 Å². The second-order valence-corrected chi connectivity index (χ2v) is 9.84. The van der Waals surface area contributed by atoms with Crippen LogP contribution in [-0.4, -0.2) is 47.4 Å². The number of hydrogen-bond acceptors (Lipinski definition) is 4. The summed E-state index contributed by atoms with van der Waals surface area (Å²) >= 11 is 12.0. The van der Waals surface area contributed by atoms with E-state index in [1.165, 1.54) is 12.3 Å². The molecule has 3 N–H and O–H groups in total. The van der Waals surface area contributed by atoms with Crippen molar-refractivity contribution in [1.29, 1.82) is 0 Å². The predicted molar refractivity (Wildman–Crippen MR) is 139 cm³/mol. The van der Waals surface area contributed by atoms with Crippen molar-refractivity contribution in [2.45, 2.75) is 18.3 Å². The molecule has 2 aromatic carbocycles. The van der Waals surface area contributed by atoms with Crippen LogP contribution in [0.25, 0.3) is 0 Å². The van der Waals surface area contributed by atoms with Gasteiger partial charge in [-0.1, -0.05) is 35.3 Å². The number of anilines is 2. The topological polar surface area (TPSA) is 103 Å². The van der Waals surface area contributed by atoms with E-state index in [1.807, 2.05) is 17.0 Å². The molecule has 1 aliphatic carbocycles. The van der Waals surface area contributed by atoms with Crippen molar-refractivity contribution >= 4 is 52.6 Å². The molecule has 1 aromatic heterocycles. The third kappa shape index (κ3) is 5.15. The van der Waals surface area contributed by atoms with Gasteiger partial charge >= 0.3 is 6.03 Å². The molecular formula is C26H23Cl2N5O3. The minimum absolute atomic E-state index is 0.0214. The molecule has 1 aliphatic heterocycles. The van der Waals surface area contributed by atoms with Gasteiger partial charge in [-0.25, -0.2) is 9.78 Å². The van der Waals surface area contributed by atoms with E-state index >= 15 is 0 Å². The number of urea groups is 1. The Kier molecular flexibility index (Phi) is 6.55. The Balaban J connectivity index is 1.29. The Hall–Kier alpha value is -3.62. The predicted octanol–water partition coefficient (Wildman–Crippen LogP) is 4.95. The Morgan fingerprint density at radius 3 is 2.36 bits per heavy atom. The van der Waals surface area contributed by atoms with Crippen LogP contribution in [0.4, 0.5) is 16.3 Å². The number of amides is 4. The maximum Gasteiger partial charge on any atom is 0.317 e. The number of aromatic nitrogens is 1.